The fourth-order valence-corrected chi connectivity index (χ4v) is 1.89. The summed E-state index contributed by atoms with van der Waals surface area (Å²) in [5, 5.41) is 0.618. The van der Waals surface area contributed by atoms with Crippen molar-refractivity contribution in [2.45, 2.75) is 19.4 Å². The molecule has 13 heavy (non-hydrogen) atoms. The molecule has 0 aromatic heterocycles. The maximum atomic E-state index is 5.87. The largest absolute Gasteiger partial charge is 0.358 e. The van der Waals surface area contributed by atoms with Crippen molar-refractivity contribution in [2.24, 2.45) is 4.99 Å². The first kappa shape index (κ1) is 8.88. The summed E-state index contributed by atoms with van der Waals surface area (Å²) in [6.45, 7) is 4.03. The van der Waals surface area contributed by atoms with Crippen molar-refractivity contribution in [3.05, 3.63) is 11.9 Å². The van der Waals surface area contributed by atoms with Crippen molar-refractivity contribution in [2.75, 3.05) is 20.3 Å². The predicted octanol–water partition coefficient (Wildman–Crippen LogP) is 1.46. The van der Waals surface area contributed by atoms with Crippen molar-refractivity contribution >= 4 is 16.8 Å². The van der Waals surface area contributed by atoms with Crippen LogP contribution in [0.15, 0.2) is 16.9 Å². The first-order chi connectivity index (χ1) is 6.18. The second kappa shape index (κ2) is 3.22. The average Bonchev–Trinajstić information content (AvgIpc) is 2.12. The molecule has 0 radical (unpaired) electrons. The van der Waals surface area contributed by atoms with E-state index in [0.717, 1.165) is 6.54 Å². The zero-order valence-corrected chi connectivity index (χ0v) is 8.75. The number of hydrogen-bond acceptors (Lipinski definition) is 3. The third-order valence-corrected chi connectivity index (χ3v) is 3.03. The van der Waals surface area contributed by atoms with E-state index in [1.54, 1.807) is 0 Å². The molecule has 1 saturated heterocycles. The molecule has 1 fully saturated rings. The lowest BCUT2D eigenvalue weighted by Gasteiger charge is -2.43. The number of allylic oxidation sites excluding steroid dienone is 1. The number of aliphatic imine (C=N–C) groups is 1. The van der Waals surface area contributed by atoms with E-state index < -0.39 is 0 Å². The number of nitrogens with zero attached hydrogens (tertiary/aromatic N) is 3. The molecular weight excluding hydrogens is 186 g/mol. The summed E-state index contributed by atoms with van der Waals surface area (Å²) in [6, 6.07) is 0.602. The van der Waals surface area contributed by atoms with Crippen LogP contribution in [0.5, 0.6) is 0 Å². The van der Waals surface area contributed by atoms with Gasteiger partial charge in [-0.3, -0.25) is 4.99 Å². The first-order valence-electron chi connectivity index (χ1n) is 4.58. The highest BCUT2D eigenvalue weighted by Gasteiger charge is 2.26. The fourth-order valence-electron chi connectivity index (χ4n) is 1.74. The molecule has 0 aliphatic carbocycles. The zero-order chi connectivity index (χ0) is 9.42. The van der Waals surface area contributed by atoms with E-state index in [0.29, 0.717) is 17.9 Å². The Kier molecular flexibility index (Phi) is 2.20. The molecule has 0 amide bonds. The lowest BCUT2D eigenvalue weighted by Crippen LogP contribution is -2.46. The Labute approximate surface area is 83.7 Å². The minimum Gasteiger partial charge on any atom is -0.358 e. The van der Waals surface area contributed by atoms with Crippen LogP contribution in [0.2, 0.25) is 0 Å². The quantitative estimate of drug-likeness (QED) is 0.589. The van der Waals surface area contributed by atoms with Crippen LogP contribution in [0.4, 0.5) is 0 Å². The maximum absolute atomic E-state index is 5.87. The Morgan fingerprint density at radius 3 is 3.15 bits per heavy atom. The molecule has 0 spiro atoms. The molecule has 4 heteroatoms. The summed E-state index contributed by atoms with van der Waals surface area (Å²) in [7, 11) is 2.11. The van der Waals surface area contributed by atoms with Crippen molar-refractivity contribution in [3.63, 3.8) is 0 Å². The highest BCUT2D eigenvalue weighted by Crippen LogP contribution is 2.23. The van der Waals surface area contributed by atoms with Crippen LogP contribution < -0.4 is 0 Å². The molecule has 2 heterocycles. The number of hydrogen-bond donors (Lipinski definition) is 0. The summed E-state index contributed by atoms with van der Waals surface area (Å²) in [5.74, 6) is 1.21. The van der Waals surface area contributed by atoms with Crippen molar-refractivity contribution < 1.29 is 0 Å². The minimum absolute atomic E-state index is 0.602. The van der Waals surface area contributed by atoms with Crippen LogP contribution in [-0.4, -0.2) is 41.3 Å². The standard InChI is InChI=1S/C9H14ClN3/c1-7-3-4-13-6-11-8(10)5-9(13)12(7)2/h5,7H,3-4,6H2,1-2H3/t7-/m0/s1. The second-order valence-corrected chi connectivity index (χ2v) is 4.02. The van der Waals surface area contributed by atoms with Crippen LogP contribution in [0.1, 0.15) is 13.3 Å². The Bertz CT molecular complexity index is 272. The van der Waals surface area contributed by atoms with E-state index in [9.17, 15) is 0 Å². The van der Waals surface area contributed by atoms with Crippen LogP contribution in [0, 0.1) is 0 Å². The fraction of sp³-hybridized carbons (Fsp3) is 0.667. The zero-order valence-electron chi connectivity index (χ0n) is 8.00. The lowest BCUT2D eigenvalue weighted by atomic mass is 10.1. The average molecular weight is 200 g/mol. The van der Waals surface area contributed by atoms with Gasteiger partial charge >= 0.3 is 0 Å². The summed E-state index contributed by atoms with van der Waals surface area (Å²) >= 11 is 5.87. The van der Waals surface area contributed by atoms with E-state index in [4.69, 9.17) is 11.6 Å². The molecule has 0 aromatic carbocycles. The summed E-state index contributed by atoms with van der Waals surface area (Å²) in [6.07, 6.45) is 3.14. The molecule has 2 aliphatic rings. The molecule has 3 nitrogen and oxygen atoms in total. The van der Waals surface area contributed by atoms with Gasteiger partial charge in [-0.15, -0.1) is 0 Å². The third-order valence-electron chi connectivity index (χ3n) is 2.80. The Morgan fingerprint density at radius 2 is 2.38 bits per heavy atom. The topological polar surface area (TPSA) is 18.8 Å². The van der Waals surface area contributed by atoms with Gasteiger partial charge in [-0.25, -0.2) is 0 Å². The van der Waals surface area contributed by atoms with Gasteiger partial charge in [0.2, 0.25) is 0 Å². The minimum atomic E-state index is 0.602. The molecular formula is C9H14ClN3. The lowest BCUT2D eigenvalue weighted by molar-refractivity contribution is 0.137. The van der Waals surface area contributed by atoms with Gasteiger partial charge in [0, 0.05) is 25.7 Å². The molecule has 0 bridgehead atoms. The molecule has 2 rings (SSSR count). The second-order valence-electron chi connectivity index (χ2n) is 3.64. The number of rotatable bonds is 0. The van der Waals surface area contributed by atoms with E-state index in [2.05, 4.69) is 28.8 Å². The predicted molar refractivity (Wildman–Crippen MR) is 54.8 cm³/mol. The molecule has 2 aliphatic heterocycles. The Morgan fingerprint density at radius 1 is 1.62 bits per heavy atom. The summed E-state index contributed by atoms with van der Waals surface area (Å²) in [5.41, 5.74) is 0. The van der Waals surface area contributed by atoms with Gasteiger partial charge in [0.05, 0.1) is 0 Å². The van der Waals surface area contributed by atoms with Gasteiger partial charge in [0.25, 0.3) is 0 Å². The molecule has 0 saturated carbocycles. The van der Waals surface area contributed by atoms with E-state index in [-0.39, 0.29) is 0 Å². The molecule has 72 valence electrons. The third kappa shape index (κ3) is 1.53. The molecule has 1 atom stereocenters. The van der Waals surface area contributed by atoms with Crippen molar-refractivity contribution in [1.82, 2.24) is 9.80 Å². The van der Waals surface area contributed by atoms with Crippen molar-refractivity contribution in [1.29, 1.82) is 0 Å². The van der Waals surface area contributed by atoms with Crippen molar-refractivity contribution in [3.8, 4) is 0 Å². The summed E-state index contributed by atoms with van der Waals surface area (Å²) in [4.78, 5) is 8.70. The van der Waals surface area contributed by atoms with E-state index in [1.807, 2.05) is 6.08 Å². The van der Waals surface area contributed by atoms with E-state index >= 15 is 0 Å². The van der Waals surface area contributed by atoms with E-state index in [1.165, 1.54) is 12.2 Å². The van der Waals surface area contributed by atoms with Crippen LogP contribution in [0.3, 0.4) is 0 Å². The van der Waals surface area contributed by atoms with Gasteiger partial charge in [0.15, 0.2) is 0 Å². The number of halogens is 1. The highest BCUT2D eigenvalue weighted by molar-refractivity contribution is 6.68. The van der Waals surface area contributed by atoms with Gasteiger partial charge in [-0.2, -0.15) is 0 Å². The van der Waals surface area contributed by atoms with Crippen LogP contribution in [-0.2, 0) is 0 Å². The smallest absolute Gasteiger partial charge is 0.129 e. The molecule has 0 N–H and O–H groups in total. The van der Waals surface area contributed by atoms with Crippen LogP contribution in [0.25, 0.3) is 0 Å². The molecule has 0 aromatic rings. The van der Waals surface area contributed by atoms with Gasteiger partial charge < -0.3 is 9.80 Å². The normalized spacial score (nSPS) is 28.1. The molecule has 0 unspecified atom stereocenters. The van der Waals surface area contributed by atoms with Gasteiger partial charge in [-0.1, -0.05) is 11.6 Å². The SMILES string of the molecule is C[C@H]1CCN2CN=C(Cl)C=C2N1C. The monoisotopic (exact) mass is 199 g/mol. The Balaban J connectivity index is 2.25. The maximum Gasteiger partial charge on any atom is 0.129 e. The summed E-state index contributed by atoms with van der Waals surface area (Å²) < 4.78 is 0. The van der Waals surface area contributed by atoms with Gasteiger partial charge in [-0.05, 0) is 13.3 Å². The first-order valence-corrected chi connectivity index (χ1v) is 4.95. The Hall–Kier alpha value is -0.700. The van der Waals surface area contributed by atoms with Crippen LogP contribution >= 0.6 is 11.6 Å². The number of fused-ring (bicyclic) bond motifs is 1. The van der Waals surface area contributed by atoms with Gasteiger partial charge in [0.1, 0.15) is 17.7 Å². The highest BCUT2D eigenvalue weighted by atomic mass is 35.5.